The molecule has 1 aromatic heterocycles. The molecule has 106 valence electrons. The number of aryl methyl sites for hydroxylation is 1. The van der Waals surface area contributed by atoms with Crippen LogP contribution in [0.4, 0.5) is 5.82 Å². The molecule has 0 aliphatic carbocycles. The van der Waals surface area contributed by atoms with E-state index in [1.165, 1.54) is 0 Å². The SMILES string of the molecule is Cc1[nH]nc2c1C(c1cccc(O)c1)C1=C(COC1=O)N2. The maximum atomic E-state index is 12.1. The van der Waals surface area contributed by atoms with E-state index in [1.807, 2.05) is 13.0 Å². The molecule has 4 rings (SSSR count). The smallest absolute Gasteiger partial charge is 0.337 e. The normalized spacial score (nSPS) is 19.9. The molecule has 6 heteroatoms. The number of cyclic esters (lactones) is 1. The minimum absolute atomic E-state index is 0.169. The van der Waals surface area contributed by atoms with Crippen LogP contribution in [0, 0.1) is 6.92 Å². The molecule has 6 nitrogen and oxygen atoms in total. The van der Waals surface area contributed by atoms with Gasteiger partial charge in [-0.15, -0.1) is 0 Å². The Morgan fingerprint density at radius 3 is 3.10 bits per heavy atom. The number of aromatic nitrogens is 2. The van der Waals surface area contributed by atoms with Gasteiger partial charge in [-0.1, -0.05) is 12.1 Å². The first-order valence-corrected chi connectivity index (χ1v) is 6.66. The number of esters is 1. The molecular weight excluding hydrogens is 270 g/mol. The van der Waals surface area contributed by atoms with E-state index in [4.69, 9.17) is 4.74 Å². The molecule has 0 spiro atoms. The molecule has 3 N–H and O–H groups in total. The molecule has 0 saturated carbocycles. The van der Waals surface area contributed by atoms with Gasteiger partial charge in [-0.3, -0.25) is 5.10 Å². The number of aromatic hydroxyl groups is 1. The highest BCUT2D eigenvalue weighted by molar-refractivity contribution is 5.97. The van der Waals surface area contributed by atoms with Crippen molar-refractivity contribution in [2.75, 3.05) is 11.9 Å². The summed E-state index contributed by atoms with van der Waals surface area (Å²) in [5.74, 6) is 0.273. The standard InChI is InChI=1S/C15H13N3O3/c1-7-11-12(8-3-2-4-9(19)5-8)13-10(6-21-15(13)20)16-14(11)18-17-7/h2-5,12,19H,6H2,1H3,(H2,16,17,18). The van der Waals surface area contributed by atoms with Crippen LogP contribution in [0.3, 0.4) is 0 Å². The summed E-state index contributed by atoms with van der Waals surface area (Å²) in [5, 5.41) is 20.1. The average molecular weight is 283 g/mol. The number of hydrogen-bond donors (Lipinski definition) is 3. The molecule has 0 bridgehead atoms. The van der Waals surface area contributed by atoms with Crippen molar-refractivity contribution in [3.63, 3.8) is 0 Å². The molecule has 2 aliphatic rings. The number of phenols is 1. The molecule has 3 heterocycles. The topological polar surface area (TPSA) is 87.2 Å². The van der Waals surface area contributed by atoms with E-state index >= 15 is 0 Å². The van der Waals surface area contributed by atoms with Crippen LogP contribution in [0.15, 0.2) is 35.5 Å². The minimum Gasteiger partial charge on any atom is -0.508 e. The fourth-order valence-corrected chi connectivity index (χ4v) is 3.02. The largest absolute Gasteiger partial charge is 0.508 e. The number of hydrogen-bond acceptors (Lipinski definition) is 5. The zero-order chi connectivity index (χ0) is 14.6. The molecular formula is C15H13N3O3. The fourth-order valence-electron chi connectivity index (χ4n) is 3.02. The number of aromatic amines is 1. The summed E-state index contributed by atoms with van der Waals surface area (Å²) >= 11 is 0. The van der Waals surface area contributed by atoms with Gasteiger partial charge < -0.3 is 15.2 Å². The van der Waals surface area contributed by atoms with Gasteiger partial charge in [0.2, 0.25) is 0 Å². The van der Waals surface area contributed by atoms with Crippen molar-refractivity contribution in [1.82, 2.24) is 10.2 Å². The molecule has 1 unspecified atom stereocenters. The Morgan fingerprint density at radius 2 is 2.29 bits per heavy atom. The van der Waals surface area contributed by atoms with Crippen LogP contribution in [-0.2, 0) is 9.53 Å². The van der Waals surface area contributed by atoms with Crippen molar-refractivity contribution >= 4 is 11.8 Å². The maximum absolute atomic E-state index is 12.1. The van der Waals surface area contributed by atoms with E-state index in [1.54, 1.807) is 18.2 Å². The lowest BCUT2D eigenvalue weighted by atomic mass is 9.82. The third kappa shape index (κ3) is 1.65. The Kier molecular flexibility index (Phi) is 2.35. The summed E-state index contributed by atoms with van der Waals surface area (Å²) in [7, 11) is 0. The molecule has 0 fully saturated rings. The predicted octanol–water partition coefficient (Wildman–Crippen LogP) is 1.79. The van der Waals surface area contributed by atoms with E-state index in [2.05, 4.69) is 15.5 Å². The third-order valence-electron chi connectivity index (χ3n) is 3.94. The van der Waals surface area contributed by atoms with Crippen molar-refractivity contribution < 1.29 is 14.6 Å². The Balaban J connectivity index is 1.96. The second-order valence-electron chi connectivity index (χ2n) is 5.23. The third-order valence-corrected chi connectivity index (χ3v) is 3.94. The fraction of sp³-hybridized carbons (Fsp3) is 0.200. The van der Waals surface area contributed by atoms with Crippen molar-refractivity contribution in [2.24, 2.45) is 0 Å². The Labute approximate surface area is 120 Å². The number of carbonyl (C=O) groups excluding carboxylic acids is 1. The second kappa shape index (κ2) is 4.12. The highest BCUT2D eigenvalue weighted by Gasteiger charge is 2.40. The van der Waals surface area contributed by atoms with Crippen LogP contribution < -0.4 is 5.32 Å². The quantitative estimate of drug-likeness (QED) is 0.695. The van der Waals surface area contributed by atoms with Gasteiger partial charge in [0.25, 0.3) is 0 Å². The molecule has 0 saturated heterocycles. The Morgan fingerprint density at radius 1 is 1.43 bits per heavy atom. The van der Waals surface area contributed by atoms with Crippen molar-refractivity contribution in [2.45, 2.75) is 12.8 Å². The number of ether oxygens (including phenoxy) is 1. The zero-order valence-electron chi connectivity index (χ0n) is 11.3. The molecule has 0 radical (unpaired) electrons. The minimum atomic E-state index is -0.322. The van der Waals surface area contributed by atoms with Gasteiger partial charge in [0.1, 0.15) is 12.4 Å². The van der Waals surface area contributed by atoms with Gasteiger partial charge in [0, 0.05) is 17.2 Å². The molecule has 1 aromatic carbocycles. The summed E-state index contributed by atoms with van der Waals surface area (Å²) < 4.78 is 5.15. The van der Waals surface area contributed by atoms with Crippen LogP contribution in [0.1, 0.15) is 22.7 Å². The first kappa shape index (κ1) is 12.0. The number of fused-ring (bicyclic) bond motifs is 1. The van der Waals surface area contributed by atoms with E-state index < -0.39 is 0 Å². The monoisotopic (exact) mass is 283 g/mol. The first-order valence-electron chi connectivity index (χ1n) is 6.66. The molecule has 0 amide bonds. The lowest BCUT2D eigenvalue weighted by molar-refractivity contribution is -0.136. The van der Waals surface area contributed by atoms with E-state index in [9.17, 15) is 9.90 Å². The molecule has 1 atom stereocenters. The molecule has 2 aliphatic heterocycles. The van der Waals surface area contributed by atoms with Crippen LogP contribution >= 0.6 is 0 Å². The number of rotatable bonds is 1. The van der Waals surface area contributed by atoms with Crippen LogP contribution in [0.2, 0.25) is 0 Å². The number of phenolic OH excluding ortho intramolecular Hbond substituents is 1. The molecule has 21 heavy (non-hydrogen) atoms. The lowest BCUT2D eigenvalue weighted by Gasteiger charge is -2.24. The zero-order valence-corrected chi connectivity index (χ0v) is 11.3. The lowest BCUT2D eigenvalue weighted by Crippen LogP contribution is -2.19. The highest BCUT2D eigenvalue weighted by Crippen LogP contribution is 2.45. The molecule has 2 aromatic rings. The summed E-state index contributed by atoms with van der Waals surface area (Å²) in [4.78, 5) is 12.1. The number of H-pyrrole nitrogens is 1. The van der Waals surface area contributed by atoms with Gasteiger partial charge in [0.15, 0.2) is 5.82 Å². The summed E-state index contributed by atoms with van der Waals surface area (Å²) in [6, 6.07) is 6.93. The summed E-state index contributed by atoms with van der Waals surface area (Å²) in [5.41, 5.74) is 3.98. The summed E-state index contributed by atoms with van der Waals surface area (Å²) in [6.45, 7) is 2.14. The second-order valence-corrected chi connectivity index (χ2v) is 5.23. The number of nitrogens with one attached hydrogen (secondary N) is 2. The first-order chi connectivity index (χ1) is 10.1. The predicted molar refractivity (Wildman–Crippen MR) is 74.9 cm³/mol. The number of carbonyl (C=O) groups is 1. The number of anilines is 1. The van der Waals surface area contributed by atoms with Gasteiger partial charge in [-0.2, -0.15) is 5.10 Å². The van der Waals surface area contributed by atoms with E-state index in [-0.39, 0.29) is 24.2 Å². The maximum Gasteiger partial charge on any atom is 0.337 e. The van der Waals surface area contributed by atoms with Crippen molar-refractivity contribution in [1.29, 1.82) is 0 Å². The number of benzene rings is 1. The van der Waals surface area contributed by atoms with E-state index in [0.29, 0.717) is 11.4 Å². The summed E-state index contributed by atoms with van der Waals surface area (Å²) in [6.07, 6.45) is 0. The average Bonchev–Trinajstić information content (AvgIpc) is 3.02. The van der Waals surface area contributed by atoms with E-state index in [0.717, 1.165) is 22.5 Å². The van der Waals surface area contributed by atoms with Gasteiger partial charge >= 0.3 is 5.97 Å². The van der Waals surface area contributed by atoms with Crippen molar-refractivity contribution in [3.8, 4) is 5.75 Å². The Hall–Kier alpha value is -2.76. The van der Waals surface area contributed by atoms with Crippen LogP contribution in [-0.4, -0.2) is 27.9 Å². The van der Waals surface area contributed by atoms with Gasteiger partial charge in [-0.25, -0.2) is 4.79 Å². The van der Waals surface area contributed by atoms with Gasteiger partial charge in [-0.05, 0) is 24.6 Å². The van der Waals surface area contributed by atoms with Gasteiger partial charge in [0.05, 0.1) is 11.3 Å². The number of nitrogens with zero attached hydrogens (tertiary/aromatic N) is 1. The highest BCUT2D eigenvalue weighted by atomic mass is 16.5. The van der Waals surface area contributed by atoms with Crippen molar-refractivity contribution in [3.05, 3.63) is 52.4 Å². The van der Waals surface area contributed by atoms with Crippen LogP contribution in [0.25, 0.3) is 0 Å². The Bertz CT molecular complexity index is 791. The van der Waals surface area contributed by atoms with Crippen LogP contribution in [0.5, 0.6) is 5.75 Å².